The van der Waals surface area contributed by atoms with E-state index in [-0.39, 0.29) is 29.3 Å². The lowest BCUT2D eigenvalue weighted by Crippen LogP contribution is -2.37. The summed E-state index contributed by atoms with van der Waals surface area (Å²) in [5, 5.41) is 5.62. The summed E-state index contributed by atoms with van der Waals surface area (Å²) >= 11 is 1.47. The molecule has 0 unspecified atom stereocenters. The van der Waals surface area contributed by atoms with E-state index >= 15 is 0 Å². The van der Waals surface area contributed by atoms with E-state index in [9.17, 15) is 18.8 Å². The zero-order chi connectivity index (χ0) is 24.8. The van der Waals surface area contributed by atoms with Crippen LogP contribution in [0.4, 0.5) is 10.1 Å². The number of likely N-dealkylation sites (tertiary alicyclic amines) is 1. The highest BCUT2D eigenvalue weighted by atomic mass is 32.1. The van der Waals surface area contributed by atoms with Gasteiger partial charge in [0.05, 0.1) is 5.01 Å². The van der Waals surface area contributed by atoms with Crippen LogP contribution in [0, 0.1) is 5.82 Å². The molecule has 35 heavy (non-hydrogen) atoms. The Balaban J connectivity index is 1.35. The fourth-order valence-electron chi connectivity index (χ4n) is 4.26. The first-order chi connectivity index (χ1) is 16.9. The molecule has 1 fully saturated rings. The highest BCUT2D eigenvalue weighted by Crippen LogP contribution is 2.32. The van der Waals surface area contributed by atoms with Crippen molar-refractivity contribution in [1.82, 2.24) is 9.88 Å². The number of anilines is 1. The van der Waals surface area contributed by atoms with Crippen LogP contribution in [0.2, 0.25) is 0 Å². The minimum atomic E-state index is -0.312. The van der Waals surface area contributed by atoms with E-state index in [0.717, 1.165) is 29.0 Å². The molecule has 3 aromatic rings. The summed E-state index contributed by atoms with van der Waals surface area (Å²) in [6.45, 7) is 2.87. The highest BCUT2D eigenvalue weighted by molar-refractivity contribution is 7.10. The van der Waals surface area contributed by atoms with Gasteiger partial charge in [0, 0.05) is 48.5 Å². The summed E-state index contributed by atoms with van der Waals surface area (Å²) in [4.78, 5) is 42.8. The second-order valence-electron chi connectivity index (χ2n) is 8.79. The molecular weight excluding hydrogens is 465 g/mol. The van der Waals surface area contributed by atoms with Gasteiger partial charge in [-0.3, -0.25) is 9.59 Å². The fourth-order valence-corrected chi connectivity index (χ4v) is 5.23. The molecule has 0 atom stereocenters. The van der Waals surface area contributed by atoms with Crippen molar-refractivity contribution in [3.05, 3.63) is 70.4 Å². The molecule has 0 bridgehead atoms. The van der Waals surface area contributed by atoms with E-state index in [1.165, 1.54) is 23.5 Å². The third kappa shape index (κ3) is 6.39. The van der Waals surface area contributed by atoms with Crippen LogP contribution in [-0.2, 0) is 9.59 Å². The number of hydrogen-bond acceptors (Lipinski definition) is 5. The van der Waals surface area contributed by atoms with Crippen LogP contribution in [-0.4, -0.2) is 40.6 Å². The van der Waals surface area contributed by atoms with Gasteiger partial charge in [-0.15, -0.1) is 11.3 Å². The quantitative estimate of drug-likeness (QED) is 0.439. The molecule has 4 rings (SSSR count). The maximum atomic E-state index is 13.3. The maximum absolute atomic E-state index is 13.3. The van der Waals surface area contributed by atoms with Crippen molar-refractivity contribution < 1.29 is 18.8 Å². The molecule has 2 aromatic carbocycles. The second-order valence-corrected chi connectivity index (χ2v) is 9.68. The largest absolute Gasteiger partial charge is 0.343 e. The molecule has 1 saturated heterocycles. The van der Waals surface area contributed by atoms with Crippen molar-refractivity contribution in [3.8, 4) is 11.1 Å². The van der Waals surface area contributed by atoms with Crippen molar-refractivity contribution in [1.29, 1.82) is 0 Å². The Kier molecular flexibility index (Phi) is 8.02. The first-order valence-electron chi connectivity index (χ1n) is 11.8. The number of rotatable bonds is 8. The number of ketones is 1. The van der Waals surface area contributed by atoms with Crippen LogP contribution in [0.1, 0.15) is 60.4 Å². The Labute approximate surface area is 208 Å². The van der Waals surface area contributed by atoms with Gasteiger partial charge in [-0.1, -0.05) is 30.3 Å². The molecule has 1 aliphatic rings. The third-order valence-electron chi connectivity index (χ3n) is 6.20. The van der Waals surface area contributed by atoms with Crippen LogP contribution in [0.5, 0.6) is 0 Å². The number of piperidine rings is 1. The van der Waals surface area contributed by atoms with Gasteiger partial charge in [-0.05, 0) is 49.9 Å². The molecule has 2 heterocycles. The molecule has 8 heteroatoms. The number of benzene rings is 2. The summed E-state index contributed by atoms with van der Waals surface area (Å²) in [6, 6.07) is 13.6. The lowest BCUT2D eigenvalue weighted by atomic mass is 9.97. The zero-order valence-electron chi connectivity index (χ0n) is 19.6. The molecule has 0 radical (unpaired) electrons. The van der Waals surface area contributed by atoms with Crippen LogP contribution in [0.25, 0.3) is 11.1 Å². The number of halogens is 1. The van der Waals surface area contributed by atoms with E-state index in [0.29, 0.717) is 43.7 Å². The number of carbonyl (C=O) groups excluding carboxylic acids is 3. The number of thiazole rings is 1. The van der Waals surface area contributed by atoms with Crippen molar-refractivity contribution >= 4 is 34.6 Å². The molecule has 1 N–H and O–H groups in total. The Hall–Kier alpha value is -3.39. The van der Waals surface area contributed by atoms with E-state index in [1.807, 2.05) is 29.2 Å². The molecule has 182 valence electrons. The Morgan fingerprint density at radius 3 is 2.49 bits per heavy atom. The predicted molar refractivity (Wildman–Crippen MR) is 135 cm³/mol. The minimum absolute atomic E-state index is 0.101. The average Bonchev–Trinajstić information content (AvgIpc) is 3.35. The molecule has 0 spiro atoms. The fraction of sp³-hybridized carbons (Fsp3) is 0.333. The zero-order valence-corrected chi connectivity index (χ0v) is 20.4. The Morgan fingerprint density at radius 1 is 1.06 bits per heavy atom. The smallest absolute Gasteiger partial charge is 0.275 e. The van der Waals surface area contributed by atoms with Crippen molar-refractivity contribution in [2.45, 2.75) is 44.9 Å². The number of hydrogen-bond donors (Lipinski definition) is 1. The van der Waals surface area contributed by atoms with Crippen molar-refractivity contribution in [3.63, 3.8) is 0 Å². The first kappa shape index (κ1) is 24.7. The number of nitrogens with zero attached hydrogens (tertiary/aromatic N) is 2. The van der Waals surface area contributed by atoms with Crippen molar-refractivity contribution in [2.24, 2.45) is 0 Å². The third-order valence-corrected chi connectivity index (χ3v) is 7.21. The van der Waals surface area contributed by atoms with Gasteiger partial charge in [-0.25, -0.2) is 9.37 Å². The standard InChI is InChI=1S/C27H28FN3O3S/c1-18(32)5-4-8-25(33)31-15-13-20(14-16-31)27-30-24(17-35-27)26(34)29-23-7-3-2-6-22(23)19-9-11-21(28)12-10-19/h2-3,6-7,9-12,17,20H,4-5,8,13-16H2,1H3,(H,29,34). The van der Waals surface area contributed by atoms with E-state index in [1.54, 1.807) is 24.4 Å². The molecule has 6 nitrogen and oxygen atoms in total. The molecule has 1 aliphatic heterocycles. The van der Waals surface area contributed by atoms with Gasteiger partial charge in [0.1, 0.15) is 17.3 Å². The van der Waals surface area contributed by atoms with E-state index in [4.69, 9.17) is 0 Å². The number of para-hydroxylation sites is 1. The molecule has 0 saturated carbocycles. The summed E-state index contributed by atoms with van der Waals surface area (Å²) in [6.07, 6.45) is 3.07. The average molecular weight is 494 g/mol. The SMILES string of the molecule is CC(=O)CCCC(=O)N1CCC(c2nc(C(=O)Nc3ccccc3-c3ccc(F)cc3)cs2)CC1. The van der Waals surface area contributed by atoms with Crippen molar-refractivity contribution in [2.75, 3.05) is 18.4 Å². The normalized spacial score (nSPS) is 14.1. The summed E-state index contributed by atoms with van der Waals surface area (Å²) in [5.41, 5.74) is 2.61. The highest BCUT2D eigenvalue weighted by Gasteiger charge is 2.26. The molecule has 0 aliphatic carbocycles. The number of carbonyl (C=O) groups is 3. The van der Waals surface area contributed by atoms with E-state index in [2.05, 4.69) is 10.3 Å². The monoisotopic (exact) mass is 493 g/mol. The van der Waals surface area contributed by atoms with Gasteiger partial charge in [0.2, 0.25) is 5.91 Å². The van der Waals surface area contributed by atoms with Crippen LogP contribution < -0.4 is 5.32 Å². The first-order valence-corrected chi connectivity index (χ1v) is 12.7. The van der Waals surface area contributed by atoms with Crippen LogP contribution in [0.3, 0.4) is 0 Å². The summed E-state index contributed by atoms with van der Waals surface area (Å²) in [5.74, 6) is -0.175. The number of Topliss-reactive ketones (excluding diaryl/α,β-unsaturated/α-hetero) is 1. The Bertz CT molecular complexity index is 1200. The predicted octanol–water partition coefficient (Wildman–Crippen LogP) is 5.67. The maximum Gasteiger partial charge on any atom is 0.275 e. The van der Waals surface area contributed by atoms with Crippen LogP contribution >= 0.6 is 11.3 Å². The Morgan fingerprint density at radius 2 is 1.77 bits per heavy atom. The van der Waals surface area contributed by atoms with E-state index < -0.39 is 0 Å². The molecular formula is C27H28FN3O3S. The topological polar surface area (TPSA) is 79.4 Å². The molecule has 2 amide bonds. The number of nitrogens with one attached hydrogen (secondary N) is 1. The minimum Gasteiger partial charge on any atom is -0.343 e. The van der Waals surface area contributed by atoms with Gasteiger partial charge >= 0.3 is 0 Å². The van der Waals surface area contributed by atoms with Gasteiger partial charge in [-0.2, -0.15) is 0 Å². The van der Waals surface area contributed by atoms with Gasteiger partial charge in [0.15, 0.2) is 0 Å². The second kappa shape index (κ2) is 11.4. The summed E-state index contributed by atoms with van der Waals surface area (Å²) < 4.78 is 13.3. The number of aromatic nitrogens is 1. The summed E-state index contributed by atoms with van der Waals surface area (Å²) in [7, 11) is 0. The lowest BCUT2D eigenvalue weighted by molar-refractivity contribution is -0.132. The lowest BCUT2D eigenvalue weighted by Gasteiger charge is -2.31. The van der Waals surface area contributed by atoms with Crippen LogP contribution in [0.15, 0.2) is 53.9 Å². The molecule has 1 aromatic heterocycles. The van der Waals surface area contributed by atoms with Gasteiger partial charge < -0.3 is 15.0 Å². The number of amides is 2. The van der Waals surface area contributed by atoms with Gasteiger partial charge in [0.25, 0.3) is 5.91 Å².